The highest BCUT2D eigenvalue weighted by molar-refractivity contribution is 5.70. The van der Waals surface area contributed by atoms with E-state index in [0.29, 0.717) is 19.0 Å². The van der Waals surface area contributed by atoms with E-state index in [2.05, 4.69) is 32.3 Å². The van der Waals surface area contributed by atoms with Gasteiger partial charge >= 0.3 is 6.09 Å². The summed E-state index contributed by atoms with van der Waals surface area (Å²) in [6.45, 7) is 3.81. The molecule has 0 radical (unpaired) electrons. The molecule has 0 saturated carbocycles. The molecule has 2 fully saturated rings. The molecule has 0 bridgehead atoms. The molecule has 1 aromatic carbocycles. The number of likely N-dealkylation sites (tertiary alicyclic amines) is 1. The molecule has 136 valence electrons. The number of aromatic nitrogens is 2. The van der Waals surface area contributed by atoms with E-state index >= 15 is 0 Å². The lowest BCUT2D eigenvalue weighted by molar-refractivity contribution is 0.0627. The number of nitrogens with zero attached hydrogens (tertiary/aromatic N) is 4. The molecule has 1 spiro atoms. The standard InChI is InChI=1S/C19H23N5O2/c1-23-13-19(26-18(23)25)7-8-24(14-19)12-16-10-21-17(22-11-16)20-9-15-5-3-2-4-6-15/h2-6,10-11H,7-9,12-14H2,1H3,(H,20,21,22). The van der Waals surface area contributed by atoms with Crippen LogP contribution < -0.4 is 5.32 Å². The fraction of sp³-hybridized carbons (Fsp3) is 0.421. The number of carbonyl (C=O) groups is 1. The van der Waals surface area contributed by atoms with Crippen molar-refractivity contribution in [2.24, 2.45) is 0 Å². The smallest absolute Gasteiger partial charge is 0.410 e. The summed E-state index contributed by atoms with van der Waals surface area (Å²) in [7, 11) is 1.79. The van der Waals surface area contributed by atoms with Crippen molar-refractivity contribution in [3.05, 3.63) is 53.9 Å². The van der Waals surface area contributed by atoms with E-state index in [4.69, 9.17) is 4.74 Å². The summed E-state index contributed by atoms with van der Waals surface area (Å²) in [6.07, 6.45) is 4.38. The minimum atomic E-state index is -0.343. The van der Waals surface area contributed by atoms with Crippen LogP contribution in [-0.4, -0.2) is 58.1 Å². The van der Waals surface area contributed by atoms with Gasteiger partial charge in [-0.2, -0.15) is 0 Å². The lowest BCUT2D eigenvalue weighted by Gasteiger charge is -2.21. The van der Waals surface area contributed by atoms with E-state index in [-0.39, 0.29) is 11.7 Å². The Morgan fingerprint density at radius 2 is 1.92 bits per heavy atom. The molecule has 3 heterocycles. The van der Waals surface area contributed by atoms with E-state index in [1.54, 1.807) is 11.9 Å². The Morgan fingerprint density at radius 3 is 2.62 bits per heavy atom. The highest BCUT2D eigenvalue weighted by atomic mass is 16.6. The molecule has 0 aliphatic carbocycles. The Kier molecular flexibility index (Phi) is 4.46. The second-order valence-corrected chi connectivity index (χ2v) is 7.12. The summed E-state index contributed by atoms with van der Waals surface area (Å²) < 4.78 is 5.59. The second kappa shape index (κ2) is 6.92. The Morgan fingerprint density at radius 1 is 1.15 bits per heavy atom. The molecule has 1 unspecified atom stereocenters. The van der Waals surface area contributed by atoms with Crippen molar-refractivity contribution < 1.29 is 9.53 Å². The van der Waals surface area contributed by atoms with Crippen LogP contribution in [0.3, 0.4) is 0 Å². The Balaban J connectivity index is 1.30. The molecule has 2 aromatic rings. The van der Waals surface area contributed by atoms with Crippen LogP contribution >= 0.6 is 0 Å². The molecule has 1 amide bonds. The average Bonchev–Trinajstić information content (AvgIpc) is 3.16. The zero-order valence-corrected chi connectivity index (χ0v) is 14.9. The summed E-state index contributed by atoms with van der Waals surface area (Å²) in [6, 6.07) is 10.2. The molecule has 1 N–H and O–H groups in total. The summed E-state index contributed by atoms with van der Waals surface area (Å²) in [5.41, 5.74) is 1.91. The summed E-state index contributed by atoms with van der Waals surface area (Å²) in [5.74, 6) is 0.627. The van der Waals surface area contributed by atoms with Crippen molar-refractivity contribution in [2.45, 2.75) is 25.1 Å². The third-order valence-electron chi connectivity index (χ3n) is 4.94. The van der Waals surface area contributed by atoms with Crippen LogP contribution in [0.15, 0.2) is 42.7 Å². The van der Waals surface area contributed by atoms with E-state index in [1.165, 1.54) is 5.56 Å². The summed E-state index contributed by atoms with van der Waals surface area (Å²) in [4.78, 5) is 24.4. The third kappa shape index (κ3) is 3.62. The van der Waals surface area contributed by atoms with E-state index in [0.717, 1.165) is 31.6 Å². The van der Waals surface area contributed by atoms with Gasteiger partial charge in [-0.05, 0) is 5.56 Å². The van der Waals surface area contributed by atoms with Gasteiger partial charge in [-0.15, -0.1) is 0 Å². The van der Waals surface area contributed by atoms with E-state index < -0.39 is 0 Å². The SMILES string of the molecule is CN1CC2(CCN(Cc3cnc(NCc4ccccc4)nc3)C2)OC1=O. The first-order valence-electron chi connectivity index (χ1n) is 8.87. The number of anilines is 1. The quantitative estimate of drug-likeness (QED) is 0.888. The Hall–Kier alpha value is -2.67. The van der Waals surface area contributed by atoms with Gasteiger partial charge < -0.3 is 15.0 Å². The average molecular weight is 353 g/mol. The zero-order valence-electron chi connectivity index (χ0n) is 14.9. The Bertz CT molecular complexity index is 767. The minimum absolute atomic E-state index is 0.218. The number of amides is 1. The topological polar surface area (TPSA) is 70.6 Å². The largest absolute Gasteiger partial charge is 0.439 e. The first-order chi connectivity index (χ1) is 12.6. The fourth-order valence-corrected chi connectivity index (χ4v) is 3.63. The molecule has 7 nitrogen and oxygen atoms in total. The zero-order chi connectivity index (χ0) is 18.0. The van der Waals surface area contributed by atoms with Gasteiger partial charge in [0, 0.05) is 57.6 Å². The highest BCUT2D eigenvalue weighted by Crippen LogP contribution is 2.32. The summed E-state index contributed by atoms with van der Waals surface area (Å²) >= 11 is 0. The molecule has 1 atom stereocenters. The molecule has 26 heavy (non-hydrogen) atoms. The molecule has 2 aliphatic heterocycles. The van der Waals surface area contributed by atoms with Gasteiger partial charge in [0.15, 0.2) is 0 Å². The number of rotatable bonds is 5. The molecule has 2 aliphatic rings. The van der Waals surface area contributed by atoms with E-state index in [1.807, 2.05) is 30.6 Å². The molecule has 4 rings (SSSR count). The van der Waals surface area contributed by atoms with Gasteiger partial charge in [0.25, 0.3) is 0 Å². The van der Waals surface area contributed by atoms with Crippen molar-refractivity contribution in [2.75, 3.05) is 32.0 Å². The van der Waals surface area contributed by atoms with Gasteiger partial charge in [0.2, 0.25) is 5.95 Å². The molecule has 2 saturated heterocycles. The van der Waals surface area contributed by atoms with Crippen molar-refractivity contribution in [1.29, 1.82) is 0 Å². The maximum atomic E-state index is 11.7. The van der Waals surface area contributed by atoms with Crippen molar-refractivity contribution in [3.63, 3.8) is 0 Å². The van der Waals surface area contributed by atoms with Crippen LogP contribution in [0.1, 0.15) is 17.5 Å². The molecular formula is C19H23N5O2. The van der Waals surface area contributed by atoms with Crippen LogP contribution in [0.2, 0.25) is 0 Å². The number of ether oxygens (including phenoxy) is 1. The van der Waals surface area contributed by atoms with Crippen molar-refractivity contribution >= 4 is 12.0 Å². The normalized spacial score (nSPS) is 22.8. The molecular weight excluding hydrogens is 330 g/mol. The maximum absolute atomic E-state index is 11.7. The number of carbonyl (C=O) groups excluding carboxylic acids is 1. The van der Waals surface area contributed by atoms with Crippen LogP contribution in [0.25, 0.3) is 0 Å². The van der Waals surface area contributed by atoms with Gasteiger partial charge in [-0.25, -0.2) is 14.8 Å². The lowest BCUT2D eigenvalue weighted by atomic mass is 10.0. The number of likely N-dealkylation sites (N-methyl/N-ethyl adjacent to an activating group) is 1. The van der Waals surface area contributed by atoms with Crippen LogP contribution in [-0.2, 0) is 17.8 Å². The monoisotopic (exact) mass is 353 g/mol. The predicted octanol–water partition coefficient (Wildman–Crippen LogP) is 2.12. The van der Waals surface area contributed by atoms with Crippen molar-refractivity contribution in [1.82, 2.24) is 19.8 Å². The highest BCUT2D eigenvalue weighted by Gasteiger charge is 2.48. The number of nitrogens with one attached hydrogen (secondary N) is 1. The molecule has 1 aromatic heterocycles. The Labute approximate surface area is 153 Å². The van der Waals surface area contributed by atoms with Gasteiger partial charge in [0.05, 0.1) is 6.54 Å². The lowest BCUT2D eigenvalue weighted by Crippen LogP contribution is -2.37. The fourth-order valence-electron chi connectivity index (χ4n) is 3.63. The van der Waals surface area contributed by atoms with Gasteiger partial charge in [0.1, 0.15) is 5.60 Å². The number of hydrogen-bond acceptors (Lipinski definition) is 6. The second-order valence-electron chi connectivity index (χ2n) is 7.12. The summed E-state index contributed by atoms with van der Waals surface area (Å²) in [5, 5.41) is 3.23. The number of hydrogen-bond donors (Lipinski definition) is 1. The van der Waals surface area contributed by atoms with Crippen molar-refractivity contribution in [3.8, 4) is 0 Å². The van der Waals surface area contributed by atoms with Crippen LogP contribution in [0.5, 0.6) is 0 Å². The third-order valence-corrected chi connectivity index (χ3v) is 4.94. The van der Waals surface area contributed by atoms with Crippen LogP contribution in [0, 0.1) is 0 Å². The molecule has 7 heteroatoms. The first kappa shape index (κ1) is 16.8. The number of benzene rings is 1. The van der Waals surface area contributed by atoms with Gasteiger partial charge in [-0.1, -0.05) is 30.3 Å². The first-order valence-corrected chi connectivity index (χ1v) is 8.87. The van der Waals surface area contributed by atoms with E-state index in [9.17, 15) is 4.79 Å². The van der Waals surface area contributed by atoms with Gasteiger partial charge in [-0.3, -0.25) is 4.90 Å². The maximum Gasteiger partial charge on any atom is 0.410 e. The predicted molar refractivity (Wildman–Crippen MR) is 97.5 cm³/mol. The van der Waals surface area contributed by atoms with Crippen LogP contribution in [0.4, 0.5) is 10.7 Å². The minimum Gasteiger partial charge on any atom is -0.439 e.